The molecule has 4 nitrogen and oxygen atoms in total. The van der Waals surface area contributed by atoms with Crippen LogP contribution in [0.5, 0.6) is 0 Å². The molecule has 2 aliphatic rings. The molecule has 0 spiro atoms. The first-order chi connectivity index (χ1) is 8.68. The summed E-state index contributed by atoms with van der Waals surface area (Å²) in [4.78, 5) is 16.4. The molecule has 0 aromatic carbocycles. The van der Waals surface area contributed by atoms with Crippen molar-refractivity contribution >= 4 is 5.91 Å². The first kappa shape index (κ1) is 13.8. The molecule has 0 aromatic heterocycles. The van der Waals surface area contributed by atoms with Crippen LogP contribution in [0.2, 0.25) is 0 Å². The van der Waals surface area contributed by atoms with Gasteiger partial charge < -0.3 is 10.6 Å². The molecule has 104 valence electrons. The van der Waals surface area contributed by atoms with Crippen molar-refractivity contribution < 1.29 is 4.79 Å². The van der Waals surface area contributed by atoms with Crippen molar-refractivity contribution in [2.24, 2.45) is 5.73 Å². The van der Waals surface area contributed by atoms with Crippen molar-refractivity contribution in [3.05, 3.63) is 0 Å². The molecule has 0 radical (unpaired) electrons. The highest BCUT2D eigenvalue weighted by Gasteiger charge is 2.36. The van der Waals surface area contributed by atoms with Crippen LogP contribution >= 0.6 is 0 Å². The van der Waals surface area contributed by atoms with E-state index in [1.54, 1.807) is 0 Å². The van der Waals surface area contributed by atoms with Crippen molar-refractivity contribution in [1.82, 2.24) is 9.80 Å². The number of nitrogens with zero attached hydrogens (tertiary/aromatic N) is 2. The molecule has 2 rings (SSSR count). The Balaban J connectivity index is 1.92. The normalized spacial score (nSPS) is 23.6. The minimum Gasteiger partial charge on any atom is -0.342 e. The maximum atomic E-state index is 12.2. The summed E-state index contributed by atoms with van der Waals surface area (Å²) in [5.41, 5.74) is 6.08. The highest BCUT2D eigenvalue weighted by atomic mass is 16.2. The summed E-state index contributed by atoms with van der Waals surface area (Å²) in [6.45, 7) is 3.11. The Morgan fingerprint density at radius 2 is 1.78 bits per heavy atom. The van der Waals surface area contributed by atoms with Crippen LogP contribution in [-0.2, 0) is 4.79 Å². The van der Waals surface area contributed by atoms with E-state index in [0.29, 0.717) is 13.1 Å². The van der Waals surface area contributed by atoms with Gasteiger partial charge in [0.2, 0.25) is 5.91 Å². The predicted octanol–water partition coefficient (Wildman–Crippen LogP) is 1.20. The number of hydrogen-bond donors (Lipinski definition) is 1. The quantitative estimate of drug-likeness (QED) is 0.819. The van der Waals surface area contributed by atoms with E-state index in [1.165, 1.54) is 19.3 Å². The number of carbonyl (C=O) groups excluding carboxylic acids is 1. The Morgan fingerprint density at radius 1 is 1.17 bits per heavy atom. The van der Waals surface area contributed by atoms with Gasteiger partial charge in [-0.3, -0.25) is 9.69 Å². The van der Waals surface area contributed by atoms with Gasteiger partial charge in [-0.1, -0.05) is 19.3 Å². The van der Waals surface area contributed by atoms with E-state index >= 15 is 0 Å². The fourth-order valence-electron chi connectivity index (χ4n) is 3.39. The van der Waals surface area contributed by atoms with Crippen LogP contribution in [0.4, 0.5) is 0 Å². The van der Waals surface area contributed by atoms with E-state index < -0.39 is 0 Å². The molecule has 0 aromatic rings. The summed E-state index contributed by atoms with van der Waals surface area (Å²) < 4.78 is 0. The molecular weight excluding hydrogens is 226 g/mol. The molecule has 2 fully saturated rings. The minimum absolute atomic E-state index is 0.0770. The van der Waals surface area contributed by atoms with Crippen molar-refractivity contribution in [2.45, 2.75) is 50.5 Å². The van der Waals surface area contributed by atoms with Gasteiger partial charge in [-0.05, 0) is 32.7 Å². The summed E-state index contributed by atoms with van der Waals surface area (Å²) >= 11 is 0. The fourth-order valence-corrected chi connectivity index (χ4v) is 3.39. The van der Waals surface area contributed by atoms with Gasteiger partial charge >= 0.3 is 0 Å². The fraction of sp³-hybridized carbons (Fsp3) is 0.929. The zero-order valence-corrected chi connectivity index (χ0v) is 11.7. The summed E-state index contributed by atoms with van der Waals surface area (Å²) in [5, 5.41) is 0. The topological polar surface area (TPSA) is 49.6 Å². The van der Waals surface area contributed by atoms with Crippen molar-refractivity contribution in [3.8, 4) is 0 Å². The number of likely N-dealkylation sites (tertiary alicyclic amines) is 1. The van der Waals surface area contributed by atoms with Crippen LogP contribution in [0, 0.1) is 0 Å². The van der Waals surface area contributed by atoms with Gasteiger partial charge in [0.15, 0.2) is 0 Å². The lowest BCUT2D eigenvalue weighted by atomic mass is 9.80. The minimum atomic E-state index is 0.0770. The number of amides is 1. The second-order valence-electron chi connectivity index (χ2n) is 5.93. The zero-order chi connectivity index (χ0) is 13.0. The lowest BCUT2D eigenvalue weighted by Gasteiger charge is -2.44. The molecule has 2 N–H and O–H groups in total. The van der Waals surface area contributed by atoms with Crippen LogP contribution < -0.4 is 5.73 Å². The molecular formula is C14H27N3O. The third kappa shape index (κ3) is 2.86. The number of carbonyl (C=O) groups is 1. The van der Waals surface area contributed by atoms with Crippen molar-refractivity contribution in [1.29, 1.82) is 0 Å². The lowest BCUT2D eigenvalue weighted by Crippen LogP contribution is -2.55. The van der Waals surface area contributed by atoms with E-state index in [-0.39, 0.29) is 11.4 Å². The predicted molar refractivity (Wildman–Crippen MR) is 73.3 cm³/mol. The highest BCUT2D eigenvalue weighted by Crippen LogP contribution is 2.32. The number of hydrogen-bond acceptors (Lipinski definition) is 3. The largest absolute Gasteiger partial charge is 0.342 e. The molecule has 18 heavy (non-hydrogen) atoms. The molecule has 1 aliphatic carbocycles. The molecule has 1 saturated heterocycles. The van der Waals surface area contributed by atoms with Crippen LogP contribution in [0.1, 0.15) is 44.9 Å². The summed E-state index contributed by atoms with van der Waals surface area (Å²) in [7, 11) is 2.08. The van der Waals surface area contributed by atoms with Crippen LogP contribution in [-0.4, -0.2) is 54.5 Å². The summed E-state index contributed by atoms with van der Waals surface area (Å²) in [6, 6.07) is 0. The smallest absolute Gasteiger partial charge is 0.236 e. The van der Waals surface area contributed by atoms with Crippen molar-refractivity contribution in [2.75, 3.05) is 33.2 Å². The Bertz CT molecular complexity index is 281. The molecule has 0 unspecified atom stereocenters. The van der Waals surface area contributed by atoms with Gasteiger partial charge in [0.1, 0.15) is 0 Å². The van der Waals surface area contributed by atoms with E-state index in [9.17, 15) is 4.79 Å². The second kappa shape index (κ2) is 6.02. The van der Waals surface area contributed by atoms with Crippen LogP contribution in [0.25, 0.3) is 0 Å². The maximum absolute atomic E-state index is 12.2. The number of rotatable bonds is 4. The van der Waals surface area contributed by atoms with Gasteiger partial charge in [0, 0.05) is 25.2 Å². The standard InChI is InChI=1S/C14H27N3O/c1-16(11-13(18)17-9-5-6-10-17)14(12-15)7-3-2-4-8-14/h2-12,15H2,1H3. The third-order valence-electron chi connectivity index (χ3n) is 4.81. The Labute approximate surface area is 110 Å². The number of likely N-dealkylation sites (N-methyl/N-ethyl adjacent to an activating group) is 1. The first-order valence-corrected chi connectivity index (χ1v) is 7.37. The van der Waals surface area contributed by atoms with Gasteiger partial charge in [-0.25, -0.2) is 0 Å². The summed E-state index contributed by atoms with van der Waals surface area (Å²) in [5.74, 6) is 0.286. The van der Waals surface area contributed by atoms with E-state index in [1.807, 2.05) is 4.90 Å². The molecule has 1 aliphatic heterocycles. The van der Waals surface area contributed by atoms with Gasteiger partial charge in [-0.15, -0.1) is 0 Å². The Hall–Kier alpha value is -0.610. The molecule has 0 atom stereocenters. The molecule has 4 heteroatoms. The number of nitrogens with two attached hydrogens (primary N) is 1. The molecule has 0 bridgehead atoms. The van der Waals surface area contributed by atoms with E-state index in [2.05, 4.69) is 11.9 Å². The zero-order valence-electron chi connectivity index (χ0n) is 11.7. The van der Waals surface area contributed by atoms with E-state index in [0.717, 1.165) is 38.8 Å². The van der Waals surface area contributed by atoms with Crippen LogP contribution in [0.3, 0.4) is 0 Å². The highest BCUT2D eigenvalue weighted by molar-refractivity contribution is 5.78. The monoisotopic (exact) mass is 253 g/mol. The Kier molecular flexibility index (Phi) is 4.62. The van der Waals surface area contributed by atoms with Gasteiger partial charge in [0.25, 0.3) is 0 Å². The molecule has 1 saturated carbocycles. The molecule has 1 amide bonds. The van der Waals surface area contributed by atoms with E-state index in [4.69, 9.17) is 5.73 Å². The lowest BCUT2D eigenvalue weighted by molar-refractivity contribution is -0.132. The maximum Gasteiger partial charge on any atom is 0.236 e. The van der Waals surface area contributed by atoms with Gasteiger partial charge in [-0.2, -0.15) is 0 Å². The third-order valence-corrected chi connectivity index (χ3v) is 4.81. The SMILES string of the molecule is CN(CC(=O)N1CCCC1)C1(CN)CCCCC1. The second-order valence-corrected chi connectivity index (χ2v) is 5.93. The molecule has 1 heterocycles. The van der Waals surface area contributed by atoms with Gasteiger partial charge in [0.05, 0.1) is 6.54 Å². The Morgan fingerprint density at radius 3 is 2.33 bits per heavy atom. The average molecular weight is 253 g/mol. The first-order valence-electron chi connectivity index (χ1n) is 7.37. The van der Waals surface area contributed by atoms with Crippen LogP contribution in [0.15, 0.2) is 0 Å². The average Bonchev–Trinajstić information content (AvgIpc) is 2.93. The van der Waals surface area contributed by atoms with Crippen molar-refractivity contribution in [3.63, 3.8) is 0 Å². The summed E-state index contributed by atoms with van der Waals surface area (Å²) in [6.07, 6.45) is 8.43.